The SMILES string of the molecule is CC(=O)Nc1ccn([C@@H]2CS[C@H](C(=O)O[C@H]3C[C@@H](C)CC[C@@H]3C(C)C)O2)c(=O)n1. The topological polar surface area (TPSA) is 99.5 Å². The first kappa shape index (κ1) is 21.8. The number of amides is 1. The highest BCUT2D eigenvalue weighted by Gasteiger charge is 2.39. The van der Waals surface area contributed by atoms with E-state index in [4.69, 9.17) is 9.47 Å². The summed E-state index contributed by atoms with van der Waals surface area (Å²) >= 11 is 1.32. The van der Waals surface area contributed by atoms with Crippen LogP contribution in [0, 0.1) is 17.8 Å². The normalized spacial score (nSPS) is 29.6. The summed E-state index contributed by atoms with van der Waals surface area (Å²) in [5.74, 6) is 1.31. The van der Waals surface area contributed by atoms with Gasteiger partial charge in [0.15, 0.2) is 0 Å². The zero-order valence-corrected chi connectivity index (χ0v) is 18.1. The minimum atomic E-state index is -0.757. The highest BCUT2D eigenvalue weighted by Crippen LogP contribution is 2.37. The van der Waals surface area contributed by atoms with E-state index in [0.29, 0.717) is 23.5 Å². The lowest BCUT2D eigenvalue weighted by atomic mass is 9.75. The monoisotopic (exact) mass is 423 g/mol. The smallest absolute Gasteiger partial charge is 0.351 e. The van der Waals surface area contributed by atoms with Gasteiger partial charge in [-0.2, -0.15) is 4.98 Å². The summed E-state index contributed by atoms with van der Waals surface area (Å²) in [6.45, 7) is 7.88. The molecule has 0 aromatic carbocycles. The van der Waals surface area contributed by atoms with Gasteiger partial charge in [-0.05, 0) is 36.7 Å². The number of nitrogens with one attached hydrogen (secondary N) is 1. The second-order valence-corrected chi connectivity index (χ2v) is 9.34. The molecule has 2 fully saturated rings. The maximum absolute atomic E-state index is 12.7. The predicted octanol–water partition coefficient (Wildman–Crippen LogP) is 2.79. The van der Waals surface area contributed by atoms with E-state index in [1.165, 1.54) is 35.5 Å². The molecular weight excluding hydrogens is 394 g/mol. The average molecular weight is 424 g/mol. The van der Waals surface area contributed by atoms with E-state index in [9.17, 15) is 14.4 Å². The van der Waals surface area contributed by atoms with Crippen molar-refractivity contribution in [1.82, 2.24) is 9.55 Å². The van der Waals surface area contributed by atoms with Crippen molar-refractivity contribution < 1.29 is 19.1 Å². The Morgan fingerprint density at radius 2 is 2.14 bits per heavy atom. The van der Waals surface area contributed by atoms with Gasteiger partial charge in [0.05, 0.1) is 0 Å². The summed E-state index contributed by atoms with van der Waals surface area (Å²) in [5, 5.41) is 2.47. The zero-order chi connectivity index (χ0) is 21.1. The maximum atomic E-state index is 12.7. The molecule has 3 rings (SSSR count). The molecule has 1 aromatic rings. The van der Waals surface area contributed by atoms with Crippen LogP contribution in [-0.4, -0.2) is 38.7 Å². The van der Waals surface area contributed by atoms with Crippen LogP contribution < -0.4 is 11.0 Å². The Kier molecular flexibility index (Phi) is 7.00. The molecule has 0 spiro atoms. The summed E-state index contributed by atoms with van der Waals surface area (Å²) in [7, 11) is 0. The van der Waals surface area contributed by atoms with E-state index >= 15 is 0 Å². The number of thioether (sulfide) groups is 1. The molecule has 1 saturated heterocycles. The number of carbonyl (C=O) groups excluding carboxylic acids is 2. The molecular formula is C20H29N3O5S. The third kappa shape index (κ3) is 5.39. The van der Waals surface area contributed by atoms with Crippen LogP contribution >= 0.6 is 11.8 Å². The number of hydrogen-bond acceptors (Lipinski definition) is 7. The predicted molar refractivity (Wildman–Crippen MR) is 110 cm³/mol. The van der Waals surface area contributed by atoms with Crippen LogP contribution in [-0.2, 0) is 19.1 Å². The molecule has 1 N–H and O–H groups in total. The molecule has 0 unspecified atom stereocenters. The summed E-state index contributed by atoms with van der Waals surface area (Å²) < 4.78 is 13.0. The summed E-state index contributed by atoms with van der Waals surface area (Å²) in [5.41, 5.74) is -1.30. The number of esters is 1. The van der Waals surface area contributed by atoms with Crippen molar-refractivity contribution in [1.29, 1.82) is 0 Å². The van der Waals surface area contributed by atoms with Crippen molar-refractivity contribution in [3.05, 3.63) is 22.7 Å². The van der Waals surface area contributed by atoms with E-state index in [2.05, 4.69) is 31.1 Å². The molecule has 1 amide bonds. The Labute approximate surface area is 174 Å². The number of carbonyl (C=O) groups is 2. The van der Waals surface area contributed by atoms with Crippen molar-refractivity contribution in [2.45, 2.75) is 64.7 Å². The molecule has 9 heteroatoms. The fourth-order valence-electron chi connectivity index (χ4n) is 4.00. The minimum Gasteiger partial charge on any atom is -0.459 e. The van der Waals surface area contributed by atoms with Gasteiger partial charge in [0.25, 0.3) is 0 Å². The van der Waals surface area contributed by atoms with Crippen molar-refractivity contribution in [3.8, 4) is 0 Å². The molecule has 160 valence electrons. The van der Waals surface area contributed by atoms with Gasteiger partial charge in [-0.3, -0.25) is 9.36 Å². The van der Waals surface area contributed by atoms with E-state index in [0.717, 1.165) is 19.3 Å². The number of nitrogens with zero attached hydrogens (tertiary/aromatic N) is 2. The molecule has 0 bridgehead atoms. The number of aromatic nitrogens is 2. The second kappa shape index (κ2) is 9.30. The lowest BCUT2D eigenvalue weighted by molar-refractivity contribution is -0.166. The van der Waals surface area contributed by atoms with Gasteiger partial charge in [0.1, 0.15) is 18.1 Å². The van der Waals surface area contributed by atoms with Crippen molar-refractivity contribution in [2.24, 2.45) is 17.8 Å². The molecule has 2 aliphatic rings. The standard InChI is InChI=1S/C20H29N3O5S/c1-11(2)14-6-5-12(3)9-15(14)27-18(25)19-28-17(10-29-19)23-8-7-16(21-13(4)24)22-20(23)26/h7-8,11-12,14-15,17,19H,5-6,9-10H2,1-4H3,(H,21,22,24,26)/t12-,14+,15-,17-,19+/m0/s1. The van der Waals surface area contributed by atoms with Gasteiger partial charge < -0.3 is 14.8 Å². The van der Waals surface area contributed by atoms with Crippen molar-refractivity contribution >= 4 is 29.5 Å². The van der Waals surface area contributed by atoms with Crippen LogP contribution in [0.15, 0.2) is 17.1 Å². The van der Waals surface area contributed by atoms with Gasteiger partial charge in [-0.1, -0.05) is 27.2 Å². The number of hydrogen-bond donors (Lipinski definition) is 1. The Hall–Kier alpha value is -1.87. The zero-order valence-electron chi connectivity index (χ0n) is 17.3. The lowest BCUT2D eigenvalue weighted by Crippen LogP contribution is -2.38. The van der Waals surface area contributed by atoms with Gasteiger partial charge in [0.2, 0.25) is 11.3 Å². The van der Waals surface area contributed by atoms with Gasteiger partial charge in [-0.15, -0.1) is 11.8 Å². The first-order valence-corrected chi connectivity index (χ1v) is 11.1. The Morgan fingerprint density at radius 1 is 1.38 bits per heavy atom. The summed E-state index contributed by atoms with van der Waals surface area (Å²) in [4.78, 5) is 39.9. The average Bonchev–Trinajstić information content (AvgIpc) is 3.11. The highest BCUT2D eigenvalue weighted by molar-refractivity contribution is 8.00. The quantitative estimate of drug-likeness (QED) is 0.727. The first-order valence-electron chi connectivity index (χ1n) is 10.1. The Balaban J connectivity index is 1.62. The van der Waals surface area contributed by atoms with E-state index < -0.39 is 17.4 Å². The van der Waals surface area contributed by atoms with Crippen LogP contribution in [0.1, 0.15) is 53.2 Å². The molecule has 8 nitrogen and oxygen atoms in total. The van der Waals surface area contributed by atoms with Crippen LogP contribution in [0.3, 0.4) is 0 Å². The van der Waals surface area contributed by atoms with E-state index in [1.54, 1.807) is 0 Å². The molecule has 1 saturated carbocycles. The fraction of sp³-hybridized carbons (Fsp3) is 0.700. The molecule has 0 radical (unpaired) electrons. The lowest BCUT2D eigenvalue weighted by Gasteiger charge is -2.37. The molecule has 1 aromatic heterocycles. The van der Waals surface area contributed by atoms with Gasteiger partial charge in [-0.25, -0.2) is 9.59 Å². The van der Waals surface area contributed by atoms with Crippen molar-refractivity contribution in [2.75, 3.05) is 11.1 Å². The number of ether oxygens (including phenoxy) is 2. The first-order chi connectivity index (χ1) is 13.7. The molecule has 1 aliphatic carbocycles. The van der Waals surface area contributed by atoms with Crippen LogP contribution in [0.2, 0.25) is 0 Å². The Morgan fingerprint density at radius 3 is 2.79 bits per heavy atom. The highest BCUT2D eigenvalue weighted by atomic mass is 32.2. The summed E-state index contributed by atoms with van der Waals surface area (Å²) in [6.07, 6.45) is 3.93. The maximum Gasteiger partial charge on any atom is 0.351 e. The Bertz CT molecular complexity index is 812. The molecule has 29 heavy (non-hydrogen) atoms. The van der Waals surface area contributed by atoms with E-state index in [1.807, 2.05) is 0 Å². The van der Waals surface area contributed by atoms with Gasteiger partial charge >= 0.3 is 11.7 Å². The molecule has 2 heterocycles. The second-order valence-electron chi connectivity index (χ2n) is 8.24. The fourth-order valence-corrected chi connectivity index (χ4v) is 4.97. The molecule has 1 aliphatic heterocycles. The van der Waals surface area contributed by atoms with E-state index in [-0.39, 0.29) is 23.8 Å². The van der Waals surface area contributed by atoms with Crippen LogP contribution in [0.25, 0.3) is 0 Å². The third-order valence-corrected chi connectivity index (χ3v) is 6.62. The third-order valence-electron chi connectivity index (χ3n) is 5.54. The number of anilines is 1. The van der Waals surface area contributed by atoms with Gasteiger partial charge in [0, 0.05) is 18.9 Å². The van der Waals surface area contributed by atoms with Crippen LogP contribution in [0.4, 0.5) is 5.82 Å². The number of rotatable bonds is 5. The summed E-state index contributed by atoms with van der Waals surface area (Å²) in [6, 6.07) is 1.53. The minimum absolute atomic E-state index is 0.0872. The van der Waals surface area contributed by atoms with Crippen LogP contribution in [0.5, 0.6) is 0 Å². The molecule has 5 atom stereocenters. The van der Waals surface area contributed by atoms with Crippen molar-refractivity contribution in [3.63, 3.8) is 0 Å². The largest absolute Gasteiger partial charge is 0.459 e.